The van der Waals surface area contributed by atoms with E-state index in [9.17, 15) is 4.79 Å². The van der Waals surface area contributed by atoms with Crippen molar-refractivity contribution in [1.29, 1.82) is 0 Å². The molecular formula is C33H61NO4S. The van der Waals surface area contributed by atoms with E-state index < -0.39 is 11.0 Å². The molecule has 2 heterocycles. The minimum absolute atomic E-state index is 0.0626. The summed E-state index contributed by atoms with van der Waals surface area (Å²) in [6.07, 6.45) is 17.8. The number of amides is 1. The van der Waals surface area contributed by atoms with Gasteiger partial charge >= 0.3 is 0 Å². The van der Waals surface area contributed by atoms with Crippen LogP contribution in [0.5, 0.6) is 0 Å². The fourth-order valence-electron chi connectivity index (χ4n) is 4.87. The van der Waals surface area contributed by atoms with Gasteiger partial charge in [0.25, 0.3) is 0 Å². The Balaban J connectivity index is 0.000000405. The first-order valence-corrected chi connectivity index (χ1v) is 16.5. The molecule has 0 aromatic rings. The van der Waals surface area contributed by atoms with Crippen LogP contribution in [0, 0.1) is 11.3 Å². The minimum Gasteiger partial charge on any atom is -0.381 e. The van der Waals surface area contributed by atoms with Gasteiger partial charge in [0, 0.05) is 30.8 Å². The monoisotopic (exact) mass is 567 g/mol. The van der Waals surface area contributed by atoms with Crippen molar-refractivity contribution >= 4 is 17.7 Å². The fourth-order valence-corrected chi connectivity index (χ4v) is 6.29. The van der Waals surface area contributed by atoms with E-state index in [1.54, 1.807) is 11.8 Å². The number of carbonyl (C=O) groups is 1. The maximum atomic E-state index is 12.7. The van der Waals surface area contributed by atoms with Gasteiger partial charge in [0.1, 0.15) is 0 Å². The Hall–Kier alpha value is -0.820. The fraction of sp³-hybridized carbons (Fsp3) is 0.848. The van der Waals surface area contributed by atoms with Gasteiger partial charge in [-0.1, -0.05) is 79.2 Å². The number of rotatable bonds is 11. The lowest BCUT2D eigenvalue weighted by molar-refractivity contribution is -0.123. The maximum Gasteiger partial charge on any atom is 0.239 e. The molecule has 2 N–H and O–H groups in total. The van der Waals surface area contributed by atoms with E-state index in [2.05, 4.69) is 39.6 Å². The molecule has 0 aromatic heterocycles. The normalized spacial score (nSPS) is 21.0. The van der Waals surface area contributed by atoms with Gasteiger partial charge in [0.05, 0.1) is 4.75 Å². The first kappa shape index (κ1) is 36.2. The smallest absolute Gasteiger partial charge is 0.239 e. The molecule has 0 radical (unpaired) electrons. The second-order valence-electron chi connectivity index (χ2n) is 12.6. The molecule has 2 aliphatic heterocycles. The van der Waals surface area contributed by atoms with Crippen molar-refractivity contribution in [2.24, 2.45) is 11.3 Å². The van der Waals surface area contributed by atoms with Gasteiger partial charge in [-0.15, -0.1) is 11.8 Å². The van der Waals surface area contributed by atoms with Crippen LogP contribution in [-0.2, 0) is 14.3 Å². The molecule has 1 amide bonds. The SMILES string of the molecule is C=C(/C=C(\C)NC(=O)C(C)(C)SC1CCOCC1)C(C)(C)CCC.CCCCC1CCC1.OC1CCCCO1. The number of nitrogens with one attached hydrogen (secondary N) is 1. The van der Waals surface area contributed by atoms with Crippen LogP contribution in [0.15, 0.2) is 23.9 Å². The van der Waals surface area contributed by atoms with E-state index >= 15 is 0 Å². The van der Waals surface area contributed by atoms with Gasteiger partial charge in [-0.25, -0.2) is 0 Å². The van der Waals surface area contributed by atoms with E-state index in [0.717, 1.165) is 82.0 Å². The number of allylic oxidation sites excluding steroid dienone is 3. The van der Waals surface area contributed by atoms with Crippen LogP contribution < -0.4 is 5.32 Å². The number of hydrogen-bond acceptors (Lipinski definition) is 5. The van der Waals surface area contributed by atoms with Crippen molar-refractivity contribution in [3.63, 3.8) is 0 Å². The third-order valence-electron chi connectivity index (χ3n) is 7.97. The summed E-state index contributed by atoms with van der Waals surface area (Å²) in [5, 5.41) is 12.3. The lowest BCUT2D eigenvalue weighted by Gasteiger charge is -2.31. The summed E-state index contributed by atoms with van der Waals surface area (Å²) >= 11 is 1.76. The number of thioether (sulfide) groups is 1. The van der Waals surface area contributed by atoms with Crippen LogP contribution in [0.2, 0.25) is 0 Å². The van der Waals surface area contributed by atoms with Gasteiger partial charge in [0.15, 0.2) is 6.29 Å². The van der Waals surface area contributed by atoms with Gasteiger partial charge in [0.2, 0.25) is 5.91 Å². The molecule has 39 heavy (non-hydrogen) atoms. The molecular weight excluding hydrogens is 506 g/mol. The number of aliphatic hydroxyl groups is 1. The zero-order valence-corrected chi connectivity index (χ0v) is 27.2. The maximum absolute atomic E-state index is 12.7. The standard InChI is InChI=1S/C20H35NO2S.C8H16.C5H10O2/c1-8-11-19(4,5)15(2)14-16(3)21-18(22)20(6,7)24-17-9-12-23-13-10-17;1-2-3-5-8-6-4-7-8;6-5-3-1-2-4-7-5/h14,17H,2,8-13H2,1,3-7H3,(H,21,22);8H,2-7H2,1H3;5-6H,1-4H2/b16-14+;;. The summed E-state index contributed by atoms with van der Waals surface area (Å²) < 4.78 is 9.79. The van der Waals surface area contributed by atoms with Gasteiger partial charge < -0.3 is 19.9 Å². The third-order valence-corrected chi connectivity index (χ3v) is 9.55. The van der Waals surface area contributed by atoms with Crippen LogP contribution >= 0.6 is 11.8 Å². The van der Waals surface area contributed by atoms with Crippen LogP contribution in [-0.4, -0.2) is 47.1 Å². The van der Waals surface area contributed by atoms with Crippen LogP contribution in [0.25, 0.3) is 0 Å². The molecule has 0 aromatic carbocycles. The summed E-state index contributed by atoms with van der Waals surface area (Å²) in [4.78, 5) is 12.7. The highest BCUT2D eigenvalue weighted by Crippen LogP contribution is 2.35. The first-order chi connectivity index (χ1) is 18.4. The minimum atomic E-state index is -0.464. The summed E-state index contributed by atoms with van der Waals surface area (Å²) in [5.41, 5.74) is 2.00. The molecule has 3 aliphatic rings. The van der Waals surface area contributed by atoms with Crippen LogP contribution in [0.3, 0.4) is 0 Å². The van der Waals surface area contributed by atoms with Crippen molar-refractivity contribution < 1.29 is 19.4 Å². The summed E-state index contributed by atoms with van der Waals surface area (Å²) in [7, 11) is 0. The number of aliphatic hydroxyl groups excluding tert-OH is 1. The second-order valence-corrected chi connectivity index (χ2v) is 14.6. The van der Waals surface area contributed by atoms with E-state index in [1.807, 2.05) is 26.8 Å². The molecule has 0 spiro atoms. The van der Waals surface area contributed by atoms with E-state index in [1.165, 1.54) is 38.5 Å². The van der Waals surface area contributed by atoms with E-state index in [0.29, 0.717) is 5.25 Å². The van der Waals surface area contributed by atoms with Crippen LogP contribution in [0.4, 0.5) is 0 Å². The quantitative estimate of drug-likeness (QED) is 0.245. The summed E-state index contributed by atoms with van der Waals surface area (Å²) in [5.74, 6) is 1.20. The number of carbonyl (C=O) groups excluding carboxylic acids is 1. The predicted octanol–water partition coefficient (Wildman–Crippen LogP) is 8.56. The van der Waals surface area contributed by atoms with Crippen molar-refractivity contribution in [2.75, 3.05) is 19.8 Å². The number of ether oxygens (including phenoxy) is 2. The van der Waals surface area contributed by atoms with Crippen LogP contribution in [0.1, 0.15) is 132 Å². The van der Waals surface area contributed by atoms with E-state index in [-0.39, 0.29) is 11.3 Å². The molecule has 1 aliphatic carbocycles. The second kappa shape index (κ2) is 19.3. The Morgan fingerprint density at radius 3 is 2.13 bits per heavy atom. The van der Waals surface area contributed by atoms with Crippen molar-refractivity contribution in [3.05, 3.63) is 23.9 Å². The zero-order chi connectivity index (χ0) is 29.3. The number of hydrogen-bond donors (Lipinski definition) is 2. The van der Waals surface area contributed by atoms with E-state index in [4.69, 9.17) is 14.6 Å². The molecule has 3 rings (SSSR count). The largest absolute Gasteiger partial charge is 0.381 e. The van der Waals surface area contributed by atoms with Gasteiger partial charge in [-0.3, -0.25) is 4.79 Å². The molecule has 228 valence electrons. The Morgan fingerprint density at radius 2 is 1.67 bits per heavy atom. The molecule has 3 fully saturated rings. The molecule has 1 saturated carbocycles. The van der Waals surface area contributed by atoms with Crippen molar-refractivity contribution in [3.8, 4) is 0 Å². The predicted molar refractivity (Wildman–Crippen MR) is 168 cm³/mol. The molecule has 6 heteroatoms. The summed E-state index contributed by atoms with van der Waals surface area (Å²) in [6.45, 7) is 21.4. The van der Waals surface area contributed by atoms with Crippen molar-refractivity contribution in [2.45, 2.75) is 148 Å². The topological polar surface area (TPSA) is 67.8 Å². The molecule has 5 nitrogen and oxygen atoms in total. The zero-order valence-electron chi connectivity index (χ0n) is 26.4. The van der Waals surface area contributed by atoms with Gasteiger partial charge in [-0.05, 0) is 82.3 Å². The molecule has 1 atom stereocenters. The Bertz CT molecular complexity index is 717. The van der Waals surface area contributed by atoms with Crippen molar-refractivity contribution in [1.82, 2.24) is 5.32 Å². The average Bonchev–Trinajstić information content (AvgIpc) is 2.85. The molecule has 1 unspecified atom stereocenters. The molecule has 2 saturated heterocycles. The third kappa shape index (κ3) is 15.7. The van der Waals surface area contributed by atoms with Gasteiger partial charge in [-0.2, -0.15) is 0 Å². The Labute approximate surface area is 245 Å². The highest BCUT2D eigenvalue weighted by Gasteiger charge is 2.32. The first-order valence-electron chi connectivity index (χ1n) is 15.7. The highest BCUT2D eigenvalue weighted by atomic mass is 32.2. The number of unbranched alkanes of at least 4 members (excludes halogenated alkanes) is 1. The Morgan fingerprint density at radius 1 is 1.00 bits per heavy atom. The highest BCUT2D eigenvalue weighted by molar-refractivity contribution is 8.01. The average molecular weight is 568 g/mol. The lowest BCUT2D eigenvalue weighted by Crippen LogP contribution is -2.41. The Kier molecular flexibility index (Phi) is 17.9. The summed E-state index contributed by atoms with van der Waals surface area (Å²) in [6, 6.07) is 0. The lowest BCUT2D eigenvalue weighted by atomic mass is 9.80. The molecule has 0 bridgehead atoms.